The average molecular weight is 396 g/mol. The lowest BCUT2D eigenvalue weighted by Crippen LogP contribution is -2.32. The summed E-state index contributed by atoms with van der Waals surface area (Å²) in [4.78, 5) is 3.77. The summed E-state index contributed by atoms with van der Waals surface area (Å²) < 4.78 is 57.0. The first-order valence-corrected chi connectivity index (χ1v) is 11.4. The fourth-order valence-electron chi connectivity index (χ4n) is 2.89. The van der Waals surface area contributed by atoms with Crippen LogP contribution in [0, 0.1) is 6.92 Å². The van der Waals surface area contributed by atoms with Crippen molar-refractivity contribution in [1.29, 1.82) is 0 Å². The molecular formula is C17H20N2O5S2. The molecule has 7 nitrogen and oxygen atoms in total. The predicted molar refractivity (Wildman–Crippen MR) is 96.3 cm³/mol. The molecule has 0 aliphatic carbocycles. The topological polar surface area (TPSA) is 93.6 Å². The third kappa shape index (κ3) is 3.74. The van der Waals surface area contributed by atoms with Gasteiger partial charge >= 0.3 is 0 Å². The minimum Gasteiger partial charge on any atom is -0.487 e. The second kappa shape index (κ2) is 6.98. The second-order valence-corrected chi connectivity index (χ2v) is 10.1. The van der Waals surface area contributed by atoms with Crippen molar-refractivity contribution in [2.45, 2.75) is 29.2 Å². The van der Waals surface area contributed by atoms with Crippen LogP contribution in [0.3, 0.4) is 0 Å². The van der Waals surface area contributed by atoms with Crippen LogP contribution < -0.4 is 4.74 Å². The van der Waals surface area contributed by atoms with Gasteiger partial charge in [-0.1, -0.05) is 12.1 Å². The quantitative estimate of drug-likeness (QED) is 0.763. The highest BCUT2D eigenvalue weighted by atomic mass is 32.2. The summed E-state index contributed by atoms with van der Waals surface area (Å²) in [5, 5.41) is 0. The van der Waals surface area contributed by atoms with Crippen LogP contribution in [0.2, 0.25) is 0 Å². The Balaban J connectivity index is 1.84. The Bertz CT molecular complexity index is 1020. The average Bonchev–Trinajstić information content (AvgIpc) is 3.06. The fraction of sp³-hybridized carbons (Fsp3) is 0.353. The number of nitrogens with zero attached hydrogens (tertiary/aromatic N) is 2. The van der Waals surface area contributed by atoms with Gasteiger partial charge in [0.25, 0.3) is 0 Å². The number of hydrogen-bond donors (Lipinski definition) is 0. The number of sulfonamides is 1. The number of sulfone groups is 1. The van der Waals surface area contributed by atoms with Gasteiger partial charge in [0.15, 0.2) is 9.84 Å². The zero-order chi connectivity index (χ0) is 18.9. The SMILES string of the molecule is Cc1ncccc1O[C@H]1CCN(S(=O)(=O)c2ccccc2S(C)(=O)=O)C1. The summed E-state index contributed by atoms with van der Waals surface area (Å²) >= 11 is 0. The van der Waals surface area contributed by atoms with Gasteiger partial charge in [-0.15, -0.1) is 0 Å². The molecule has 1 atom stereocenters. The minimum absolute atomic E-state index is 0.161. The molecule has 0 saturated carbocycles. The van der Waals surface area contributed by atoms with Crippen molar-refractivity contribution in [2.75, 3.05) is 19.3 Å². The lowest BCUT2D eigenvalue weighted by atomic mass is 10.3. The molecule has 2 heterocycles. The number of ether oxygens (including phenoxy) is 1. The molecular weight excluding hydrogens is 376 g/mol. The van der Waals surface area contributed by atoms with Crippen LogP contribution in [0.25, 0.3) is 0 Å². The van der Waals surface area contributed by atoms with Gasteiger partial charge in [0.1, 0.15) is 16.7 Å². The largest absolute Gasteiger partial charge is 0.487 e. The van der Waals surface area contributed by atoms with Crippen molar-refractivity contribution in [1.82, 2.24) is 9.29 Å². The highest BCUT2D eigenvalue weighted by Crippen LogP contribution is 2.28. The van der Waals surface area contributed by atoms with Crippen LogP contribution >= 0.6 is 0 Å². The van der Waals surface area contributed by atoms with Gasteiger partial charge in [-0.2, -0.15) is 4.31 Å². The van der Waals surface area contributed by atoms with Gasteiger partial charge in [-0.25, -0.2) is 16.8 Å². The van der Waals surface area contributed by atoms with E-state index in [1.807, 2.05) is 6.92 Å². The van der Waals surface area contributed by atoms with E-state index < -0.39 is 19.9 Å². The molecule has 0 spiro atoms. The number of hydrogen-bond acceptors (Lipinski definition) is 6. The molecule has 1 fully saturated rings. The summed E-state index contributed by atoms with van der Waals surface area (Å²) in [6.07, 6.45) is 2.88. The Morgan fingerprint density at radius 1 is 1.08 bits per heavy atom. The van der Waals surface area contributed by atoms with E-state index in [9.17, 15) is 16.8 Å². The van der Waals surface area contributed by atoms with Gasteiger partial charge in [-0.05, 0) is 37.6 Å². The molecule has 1 aromatic carbocycles. The van der Waals surface area contributed by atoms with Crippen molar-refractivity contribution in [3.63, 3.8) is 0 Å². The van der Waals surface area contributed by atoms with Crippen molar-refractivity contribution >= 4 is 19.9 Å². The van der Waals surface area contributed by atoms with Gasteiger partial charge in [0.2, 0.25) is 10.0 Å². The maximum Gasteiger partial charge on any atom is 0.244 e. The molecule has 3 rings (SSSR count). The molecule has 0 bridgehead atoms. The first-order valence-electron chi connectivity index (χ1n) is 8.07. The van der Waals surface area contributed by atoms with E-state index in [1.165, 1.54) is 28.6 Å². The van der Waals surface area contributed by atoms with Crippen LogP contribution in [0.1, 0.15) is 12.1 Å². The Labute approximate surface area is 153 Å². The first-order chi connectivity index (χ1) is 12.2. The third-order valence-electron chi connectivity index (χ3n) is 4.23. The smallest absolute Gasteiger partial charge is 0.244 e. The lowest BCUT2D eigenvalue weighted by molar-refractivity contribution is 0.213. The summed E-state index contributed by atoms with van der Waals surface area (Å²) in [7, 11) is -7.59. The van der Waals surface area contributed by atoms with Gasteiger partial charge in [0, 0.05) is 19.0 Å². The van der Waals surface area contributed by atoms with E-state index in [1.54, 1.807) is 18.3 Å². The molecule has 1 aliphatic rings. The summed E-state index contributed by atoms with van der Waals surface area (Å²) in [6.45, 7) is 2.25. The number of benzene rings is 1. The highest BCUT2D eigenvalue weighted by molar-refractivity contribution is 7.93. The summed E-state index contributed by atoms with van der Waals surface area (Å²) in [6, 6.07) is 9.21. The molecule has 140 valence electrons. The van der Waals surface area contributed by atoms with Gasteiger partial charge in [0.05, 0.1) is 17.1 Å². The number of pyridine rings is 1. The van der Waals surface area contributed by atoms with Crippen molar-refractivity contribution in [2.24, 2.45) is 0 Å². The molecule has 0 unspecified atom stereocenters. The maximum atomic E-state index is 13.0. The summed E-state index contributed by atoms with van der Waals surface area (Å²) in [5.41, 5.74) is 0.733. The van der Waals surface area contributed by atoms with Crippen LogP contribution in [-0.2, 0) is 19.9 Å². The molecule has 26 heavy (non-hydrogen) atoms. The molecule has 1 aliphatic heterocycles. The minimum atomic E-state index is -3.93. The molecule has 1 saturated heterocycles. The Morgan fingerprint density at radius 2 is 1.77 bits per heavy atom. The number of aryl methyl sites for hydroxylation is 1. The van der Waals surface area contributed by atoms with Crippen molar-refractivity contribution in [3.8, 4) is 5.75 Å². The molecule has 0 N–H and O–H groups in total. The zero-order valence-corrected chi connectivity index (χ0v) is 16.1. The standard InChI is InChI=1S/C17H20N2O5S2/c1-13-15(6-5-10-18-13)24-14-9-11-19(12-14)26(22,23)17-8-4-3-7-16(17)25(2,20)21/h3-8,10,14H,9,11-12H2,1-2H3/t14-/m0/s1. The molecule has 9 heteroatoms. The van der Waals surface area contributed by atoms with E-state index >= 15 is 0 Å². The monoisotopic (exact) mass is 396 g/mol. The third-order valence-corrected chi connectivity index (χ3v) is 7.43. The van der Waals surface area contributed by atoms with Crippen LogP contribution in [-0.4, -0.2) is 51.6 Å². The van der Waals surface area contributed by atoms with Crippen molar-refractivity contribution in [3.05, 3.63) is 48.3 Å². The summed E-state index contributed by atoms with van der Waals surface area (Å²) in [5.74, 6) is 0.619. The second-order valence-electron chi connectivity index (χ2n) is 6.20. The first kappa shape index (κ1) is 18.8. The maximum absolute atomic E-state index is 13.0. The molecule has 0 amide bonds. The van der Waals surface area contributed by atoms with Gasteiger partial charge in [-0.3, -0.25) is 4.98 Å². The van der Waals surface area contributed by atoms with Crippen LogP contribution in [0.4, 0.5) is 0 Å². The predicted octanol–water partition coefficient (Wildman–Crippen LogP) is 1.64. The van der Waals surface area contributed by atoms with Gasteiger partial charge < -0.3 is 4.74 Å². The molecule has 1 aromatic heterocycles. The number of rotatable bonds is 5. The normalized spacial score (nSPS) is 18.8. The zero-order valence-electron chi connectivity index (χ0n) is 14.5. The fourth-order valence-corrected chi connectivity index (χ4v) is 5.98. The Hall–Kier alpha value is -1.97. The highest BCUT2D eigenvalue weighted by Gasteiger charge is 2.36. The van der Waals surface area contributed by atoms with E-state index in [0.717, 1.165) is 11.9 Å². The Morgan fingerprint density at radius 3 is 2.42 bits per heavy atom. The van der Waals surface area contributed by atoms with E-state index in [4.69, 9.17) is 4.74 Å². The van der Waals surface area contributed by atoms with E-state index in [-0.39, 0.29) is 29.0 Å². The van der Waals surface area contributed by atoms with E-state index in [2.05, 4.69) is 4.98 Å². The van der Waals surface area contributed by atoms with E-state index in [0.29, 0.717) is 12.2 Å². The molecule has 0 radical (unpaired) electrons. The lowest BCUT2D eigenvalue weighted by Gasteiger charge is -2.19. The van der Waals surface area contributed by atoms with Crippen molar-refractivity contribution < 1.29 is 21.6 Å². The Kier molecular flexibility index (Phi) is 5.05. The van der Waals surface area contributed by atoms with Crippen LogP contribution in [0.5, 0.6) is 5.75 Å². The van der Waals surface area contributed by atoms with Crippen LogP contribution in [0.15, 0.2) is 52.4 Å². The number of aromatic nitrogens is 1. The molecule has 2 aromatic rings.